The number of likely N-dealkylation sites (tertiary alicyclic amines) is 2. The Morgan fingerprint density at radius 3 is 2.41 bits per heavy atom. The van der Waals surface area contributed by atoms with E-state index in [4.69, 9.17) is 11.6 Å². The predicted octanol–water partition coefficient (Wildman–Crippen LogP) is 3.13. The van der Waals surface area contributed by atoms with Crippen LogP contribution in [0.2, 0.25) is 5.02 Å². The van der Waals surface area contributed by atoms with Crippen molar-refractivity contribution in [2.24, 2.45) is 5.92 Å². The van der Waals surface area contributed by atoms with E-state index in [0.717, 1.165) is 45.3 Å². The molecule has 1 unspecified atom stereocenters. The average Bonchev–Trinajstić information content (AvgIpc) is 2.73. The molecule has 148 valence electrons. The first-order chi connectivity index (χ1) is 13.0. The normalized spacial score (nSPS) is 21.9. The third kappa shape index (κ3) is 4.82. The smallest absolute Gasteiger partial charge is 0.253 e. The Morgan fingerprint density at radius 1 is 1.11 bits per heavy atom. The van der Waals surface area contributed by atoms with Crippen molar-refractivity contribution in [3.05, 3.63) is 34.9 Å². The molecular weight excluding hydrogens is 362 g/mol. The van der Waals surface area contributed by atoms with Gasteiger partial charge in [-0.1, -0.05) is 18.5 Å². The molecule has 2 aliphatic heterocycles. The van der Waals surface area contributed by atoms with Gasteiger partial charge >= 0.3 is 0 Å². The van der Waals surface area contributed by atoms with Crippen LogP contribution < -0.4 is 0 Å². The predicted molar refractivity (Wildman–Crippen MR) is 108 cm³/mol. The second-order valence-corrected chi connectivity index (χ2v) is 8.15. The van der Waals surface area contributed by atoms with Crippen LogP contribution >= 0.6 is 11.6 Å². The van der Waals surface area contributed by atoms with Crippen molar-refractivity contribution in [3.63, 3.8) is 0 Å². The van der Waals surface area contributed by atoms with Crippen molar-refractivity contribution in [2.75, 3.05) is 39.8 Å². The van der Waals surface area contributed by atoms with Gasteiger partial charge in [-0.25, -0.2) is 0 Å². The van der Waals surface area contributed by atoms with Gasteiger partial charge in [-0.15, -0.1) is 0 Å². The summed E-state index contributed by atoms with van der Waals surface area (Å²) in [5, 5.41) is 0.619. The molecule has 0 aromatic heterocycles. The first-order valence-electron chi connectivity index (χ1n) is 10.0. The molecule has 1 aromatic carbocycles. The Morgan fingerprint density at radius 2 is 1.78 bits per heavy atom. The Labute approximate surface area is 167 Å². The molecule has 5 nitrogen and oxygen atoms in total. The lowest BCUT2D eigenvalue weighted by atomic mass is 9.94. The van der Waals surface area contributed by atoms with Gasteiger partial charge in [-0.3, -0.25) is 9.59 Å². The summed E-state index contributed by atoms with van der Waals surface area (Å²) in [5.41, 5.74) is 0.632. The van der Waals surface area contributed by atoms with E-state index in [0.29, 0.717) is 29.7 Å². The number of benzene rings is 1. The van der Waals surface area contributed by atoms with E-state index in [2.05, 4.69) is 11.8 Å². The van der Waals surface area contributed by atoms with Crippen molar-refractivity contribution < 1.29 is 9.59 Å². The topological polar surface area (TPSA) is 43.9 Å². The fourth-order valence-electron chi connectivity index (χ4n) is 4.23. The van der Waals surface area contributed by atoms with E-state index in [1.807, 2.05) is 16.8 Å². The number of rotatable bonds is 4. The maximum atomic E-state index is 13.1. The maximum Gasteiger partial charge on any atom is 0.253 e. The molecule has 0 N–H and O–H groups in total. The number of hydrogen-bond acceptors (Lipinski definition) is 3. The van der Waals surface area contributed by atoms with E-state index in [1.165, 1.54) is 0 Å². The van der Waals surface area contributed by atoms with E-state index in [9.17, 15) is 9.59 Å². The minimum absolute atomic E-state index is 0.0110. The third-order valence-electron chi connectivity index (χ3n) is 6.05. The summed E-state index contributed by atoms with van der Waals surface area (Å²) in [7, 11) is 1.94. The second-order valence-electron chi connectivity index (χ2n) is 7.71. The lowest BCUT2D eigenvalue weighted by molar-refractivity contribution is -0.138. The summed E-state index contributed by atoms with van der Waals surface area (Å²) in [5.74, 6) is 0.0887. The SMILES string of the molecule is CCN1CCC(N(C)C(=O)C2CCCN(C(=O)c3ccc(Cl)cc3)C2)CC1. The van der Waals surface area contributed by atoms with E-state index in [1.54, 1.807) is 24.3 Å². The molecule has 6 heteroatoms. The van der Waals surface area contributed by atoms with Crippen molar-refractivity contribution in [1.29, 1.82) is 0 Å². The fourth-order valence-corrected chi connectivity index (χ4v) is 4.35. The number of hydrogen-bond donors (Lipinski definition) is 0. The van der Waals surface area contributed by atoms with Crippen LogP contribution in [0.15, 0.2) is 24.3 Å². The lowest BCUT2D eigenvalue weighted by Gasteiger charge is -2.39. The van der Waals surface area contributed by atoms with Gasteiger partial charge in [-0.2, -0.15) is 0 Å². The van der Waals surface area contributed by atoms with Crippen LogP contribution in [0.1, 0.15) is 43.0 Å². The molecule has 2 fully saturated rings. The molecule has 3 rings (SSSR count). The number of piperidine rings is 2. The van der Waals surface area contributed by atoms with Crippen LogP contribution in [0.4, 0.5) is 0 Å². The van der Waals surface area contributed by atoms with Gasteiger partial charge in [-0.05, 0) is 56.5 Å². The van der Waals surface area contributed by atoms with E-state index < -0.39 is 0 Å². The first kappa shape index (κ1) is 20.2. The van der Waals surface area contributed by atoms with Gasteiger partial charge in [0.15, 0.2) is 0 Å². The summed E-state index contributed by atoms with van der Waals surface area (Å²) in [6, 6.07) is 7.30. The first-order valence-corrected chi connectivity index (χ1v) is 10.4. The number of carbonyl (C=O) groups is 2. The lowest BCUT2D eigenvalue weighted by Crippen LogP contribution is -2.50. The molecule has 2 heterocycles. The zero-order valence-corrected chi connectivity index (χ0v) is 17.1. The van der Waals surface area contributed by atoms with Gasteiger partial charge in [0.25, 0.3) is 5.91 Å². The number of amides is 2. The van der Waals surface area contributed by atoms with Crippen molar-refractivity contribution in [2.45, 2.75) is 38.6 Å². The van der Waals surface area contributed by atoms with Gasteiger partial charge in [0, 0.05) is 49.9 Å². The number of nitrogens with zero attached hydrogens (tertiary/aromatic N) is 3. The number of halogens is 1. The van der Waals surface area contributed by atoms with Crippen molar-refractivity contribution >= 4 is 23.4 Å². The Hall–Kier alpha value is -1.59. The highest BCUT2D eigenvalue weighted by atomic mass is 35.5. The molecule has 1 atom stereocenters. The van der Waals surface area contributed by atoms with Crippen LogP contribution in [0.5, 0.6) is 0 Å². The van der Waals surface area contributed by atoms with Gasteiger partial charge in [0.05, 0.1) is 5.92 Å². The molecule has 0 aliphatic carbocycles. The summed E-state index contributed by atoms with van der Waals surface area (Å²) >= 11 is 5.92. The van der Waals surface area contributed by atoms with Gasteiger partial charge < -0.3 is 14.7 Å². The summed E-state index contributed by atoms with van der Waals surface area (Å²) < 4.78 is 0. The maximum absolute atomic E-state index is 13.1. The second kappa shape index (κ2) is 9.07. The Balaban J connectivity index is 1.59. The quantitative estimate of drug-likeness (QED) is 0.792. The van der Waals surface area contributed by atoms with Crippen LogP contribution in [0.25, 0.3) is 0 Å². The molecule has 2 amide bonds. The fraction of sp³-hybridized carbons (Fsp3) is 0.619. The monoisotopic (exact) mass is 391 g/mol. The molecule has 0 bridgehead atoms. The van der Waals surface area contributed by atoms with Crippen LogP contribution in [-0.4, -0.2) is 72.3 Å². The molecular formula is C21H30ClN3O2. The molecule has 0 saturated carbocycles. The number of carbonyl (C=O) groups excluding carboxylic acids is 2. The molecule has 0 radical (unpaired) electrons. The standard InChI is InChI=1S/C21H30ClN3O2/c1-3-24-13-10-19(11-14-24)23(2)20(26)17-5-4-12-25(15-17)21(27)16-6-8-18(22)9-7-16/h6-9,17,19H,3-5,10-15H2,1-2H3. The van der Waals surface area contributed by atoms with Crippen LogP contribution in [0.3, 0.4) is 0 Å². The highest BCUT2D eigenvalue weighted by Crippen LogP contribution is 2.24. The van der Waals surface area contributed by atoms with Gasteiger partial charge in [0.1, 0.15) is 0 Å². The molecule has 0 spiro atoms. The minimum atomic E-state index is -0.0933. The van der Waals surface area contributed by atoms with Gasteiger partial charge in [0.2, 0.25) is 5.91 Å². The van der Waals surface area contributed by atoms with Crippen LogP contribution in [-0.2, 0) is 4.79 Å². The zero-order valence-electron chi connectivity index (χ0n) is 16.4. The minimum Gasteiger partial charge on any atom is -0.342 e. The third-order valence-corrected chi connectivity index (χ3v) is 6.30. The average molecular weight is 392 g/mol. The molecule has 1 aromatic rings. The van der Waals surface area contributed by atoms with E-state index in [-0.39, 0.29) is 17.7 Å². The molecule has 2 saturated heterocycles. The summed E-state index contributed by atoms with van der Waals surface area (Å²) in [6.07, 6.45) is 3.81. The van der Waals surface area contributed by atoms with Crippen molar-refractivity contribution in [3.8, 4) is 0 Å². The summed E-state index contributed by atoms with van der Waals surface area (Å²) in [6.45, 7) is 6.61. The molecule has 2 aliphatic rings. The highest BCUT2D eigenvalue weighted by molar-refractivity contribution is 6.30. The van der Waals surface area contributed by atoms with E-state index >= 15 is 0 Å². The van der Waals surface area contributed by atoms with Crippen LogP contribution in [0, 0.1) is 5.92 Å². The molecule has 27 heavy (non-hydrogen) atoms. The zero-order chi connectivity index (χ0) is 19.4. The summed E-state index contributed by atoms with van der Waals surface area (Å²) in [4.78, 5) is 32.0. The Bertz CT molecular complexity index is 656. The Kier molecular flexibility index (Phi) is 6.77. The largest absolute Gasteiger partial charge is 0.342 e. The van der Waals surface area contributed by atoms with Crippen molar-refractivity contribution in [1.82, 2.24) is 14.7 Å². The highest BCUT2D eigenvalue weighted by Gasteiger charge is 2.33.